The Labute approximate surface area is 315 Å². The minimum atomic E-state index is -0.183. The van der Waals surface area contributed by atoms with Crippen LogP contribution in [0.5, 0.6) is 0 Å². The van der Waals surface area contributed by atoms with Crippen molar-refractivity contribution in [2.24, 2.45) is 0 Å². The van der Waals surface area contributed by atoms with Crippen molar-refractivity contribution in [1.29, 1.82) is 0 Å². The van der Waals surface area contributed by atoms with Gasteiger partial charge in [0.05, 0.1) is 0 Å². The standard InChI is InChI=1S/C50H37N3O/c1-50(2)45-30-35-26-27-42(28-36(35)29-43(45)44-32-48-47(33-46(44)50)51-49(54-48)34-16-7-3-8-17-34)53(39-22-13-6-14-23-39)41-25-15-24-40(31-41)52(37-18-9-4-10-19-37)38-20-11-5-12-21-38/h3-33H,1-2H3. The SMILES string of the molecule is CC1(C)c2cc3ccc(N(c4ccccc4)c4cccc(N(c5ccccc5)c5ccccc5)c4)cc3cc2-c2cc3oc(-c4ccccc4)nc3cc21. The Morgan fingerprint density at radius 2 is 0.926 bits per heavy atom. The molecule has 0 fully saturated rings. The highest BCUT2D eigenvalue weighted by Crippen LogP contribution is 2.52. The first-order valence-electron chi connectivity index (χ1n) is 18.5. The lowest BCUT2D eigenvalue weighted by atomic mass is 9.82. The quantitative estimate of drug-likeness (QED) is 0.166. The van der Waals surface area contributed by atoms with Crippen LogP contribution in [-0.2, 0) is 5.41 Å². The van der Waals surface area contributed by atoms with Gasteiger partial charge in [0, 0.05) is 45.1 Å². The van der Waals surface area contributed by atoms with Gasteiger partial charge in [-0.05, 0) is 136 Å². The van der Waals surface area contributed by atoms with E-state index >= 15 is 0 Å². The Kier molecular flexibility index (Phi) is 7.44. The van der Waals surface area contributed by atoms with Gasteiger partial charge in [0.1, 0.15) is 5.52 Å². The molecule has 0 amide bonds. The van der Waals surface area contributed by atoms with E-state index in [1.54, 1.807) is 0 Å². The number of para-hydroxylation sites is 3. The molecular formula is C50H37N3O. The van der Waals surface area contributed by atoms with E-state index < -0.39 is 0 Å². The number of rotatable bonds is 7. The number of aromatic nitrogens is 1. The van der Waals surface area contributed by atoms with Crippen molar-refractivity contribution >= 4 is 56.0 Å². The van der Waals surface area contributed by atoms with E-state index in [1.165, 1.54) is 33.0 Å². The predicted octanol–water partition coefficient (Wildman–Crippen LogP) is 13.9. The molecule has 258 valence electrons. The Balaban J connectivity index is 1.10. The minimum absolute atomic E-state index is 0.183. The molecule has 54 heavy (non-hydrogen) atoms. The van der Waals surface area contributed by atoms with E-state index in [4.69, 9.17) is 9.40 Å². The normalized spacial score (nSPS) is 12.8. The second-order valence-electron chi connectivity index (χ2n) is 14.5. The molecule has 4 nitrogen and oxygen atoms in total. The van der Waals surface area contributed by atoms with Gasteiger partial charge >= 0.3 is 0 Å². The van der Waals surface area contributed by atoms with Crippen LogP contribution in [0.25, 0.3) is 44.5 Å². The summed E-state index contributed by atoms with van der Waals surface area (Å²) in [6.45, 7) is 4.64. The molecule has 10 rings (SSSR count). The van der Waals surface area contributed by atoms with Crippen molar-refractivity contribution < 1.29 is 4.42 Å². The van der Waals surface area contributed by atoms with Crippen molar-refractivity contribution in [3.63, 3.8) is 0 Å². The molecule has 0 unspecified atom stereocenters. The fraction of sp³-hybridized carbons (Fsp3) is 0.0600. The van der Waals surface area contributed by atoms with Gasteiger partial charge in [-0.3, -0.25) is 0 Å². The van der Waals surface area contributed by atoms with Gasteiger partial charge in [-0.1, -0.05) is 98.8 Å². The predicted molar refractivity (Wildman–Crippen MR) is 224 cm³/mol. The number of anilines is 6. The molecule has 0 atom stereocenters. The second kappa shape index (κ2) is 12.6. The van der Waals surface area contributed by atoms with Gasteiger partial charge in [0.15, 0.2) is 5.58 Å². The van der Waals surface area contributed by atoms with E-state index in [0.29, 0.717) is 5.89 Å². The summed E-state index contributed by atoms with van der Waals surface area (Å²) in [4.78, 5) is 9.57. The van der Waals surface area contributed by atoms with Crippen LogP contribution < -0.4 is 9.80 Å². The first kappa shape index (κ1) is 31.8. The minimum Gasteiger partial charge on any atom is -0.436 e. The molecule has 0 aliphatic heterocycles. The molecule has 0 saturated heterocycles. The van der Waals surface area contributed by atoms with Crippen molar-refractivity contribution in [2.45, 2.75) is 19.3 Å². The van der Waals surface area contributed by atoms with E-state index in [-0.39, 0.29) is 5.41 Å². The summed E-state index contributed by atoms with van der Waals surface area (Å²) in [7, 11) is 0. The summed E-state index contributed by atoms with van der Waals surface area (Å²) in [5, 5.41) is 2.40. The van der Waals surface area contributed by atoms with Gasteiger partial charge in [-0.25, -0.2) is 4.98 Å². The molecule has 0 N–H and O–H groups in total. The number of fused-ring (bicyclic) bond motifs is 5. The molecule has 0 saturated carbocycles. The molecule has 0 spiro atoms. The highest BCUT2D eigenvalue weighted by molar-refractivity contribution is 5.98. The maximum Gasteiger partial charge on any atom is 0.227 e. The molecule has 9 aromatic rings. The molecule has 8 aromatic carbocycles. The summed E-state index contributed by atoms with van der Waals surface area (Å²) in [5.41, 5.74) is 14.1. The zero-order valence-corrected chi connectivity index (χ0v) is 30.1. The molecule has 4 heteroatoms. The third-order valence-corrected chi connectivity index (χ3v) is 10.8. The summed E-state index contributed by atoms with van der Waals surface area (Å²) < 4.78 is 6.36. The van der Waals surface area contributed by atoms with Crippen molar-refractivity contribution in [3.05, 3.63) is 199 Å². The number of oxazole rings is 1. The van der Waals surface area contributed by atoms with Crippen molar-refractivity contribution in [3.8, 4) is 22.6 Å². The van der Waals surface area contributed by atoms with Crippen LogP contribution in [0.15, 0.2) is 192 Å². The summed E-state index contributed by atoms with van der Waals surface area (Å²) >= 11 is 0. The third kappa shape index (κ3) is 5.34. The van der Waals surface area contributed by atoms with Crippen LogP contribution in [0.2, 0.25) is 0 Å². The smallest absolute Gasteiger partial charge is 0.227 e. The number of hydrogen-bond acceptors (Lipinski definition) is 4. The molecule has 1 heterocycles. The third-order valence-electron chi connectivity index (χ3n) is 10.8. The van der Waals surface area contributed by atoms with Crippen LogP contribution in [0.4, 0.5) is 34.1 Å². The fourth-order valence-electron chi connectivity index (χ4n) is 8.12. The highest BCUT2D eigenvalue weighted by atomic mass is 16.3. The van der Waals surface area contributed by atoms with Gasteiger partial charge in [0.2, 0.25) is 5.89 Å². The molecule has 0 bridgehead atoms. The first-order valence-corrected chi connectivity index (χ1v) is 18.5. The van der Waals surface area contributed by atoms with Crippen LogP contribution in [-0.4, -0.2) is 4.98 Å². The number of benzene rings is 8. The Hall–Kier alpha value is -6.91. The lowest BCUT2D eigenvalue weighted by Crippen LogP contribution is -2.15. The lowest BCUT2D eigenvalue weighted by molar-refractivity contribution is 0.619. The molecule has 1 aliphatic rings. The summed E-state index contributed by atoms with van der Waals surface area (Å²) in [6, 6.07) is 66.7. The lowest BCUT2D eigenvalue weighted by Gasteiger charge is -2.29. The molecule has 1 aromatic heterocycles. The van der Waals surface area contributed by atoms with Crippen molar-refractivity contribution in [2.75, 3.05) is 9.80 Å². The van der Waals surface area contributed by atoms with E-state index in [2.05, 4.69) is 181 Å². The Morgan fingerprint density at radius 3 is 1.54 bits per heavy atom. The van der Waals surface area contributed by atoms with E-state index in [1.807, 2.05) is 30.3 Å². The zero-order valence-electron chi connectivity index (χ0n) is 30.1. The van der Waals surface area contributed by atoms with E-state index in [9.17, 15) is 0 Å². The van der Waals surface area contributed by atoms with Gasteiger partial charge in [-0.2, -0.15) is 0 Å². The summed E-state index contributed by atoms with van der Waals surface area (Å²) in [5.74, 6) is 0.649. The summed E-state index contributed by atoms with van der Waals surface area (Å²) in [6.07, 6.45) is 0. The average Bonchev–Trinajstić information content (AvgIpc) is 3.73. The van der Waals surface area contributed by atoms with Crippen LogP contribution in [0.1, 0.15) is 25.0 Å². The van der Waals surface area contributed by atoms with Crippen molar-refractivity contribution in [1.82, 2.24) is 4.98 Å². The van der Waals surface area contributed by atoms with Gasteiger partial charge in [-0.15, -0.1) is 0 Å². The Bertz CT molecular complexity index is 2750. The van der Waals surface area contributed by atoms with E-state index in [0.717, 1.165) is 50.8 Å². The number of hydrogen-bond donors (Lipinski definition) is 0. The Morgan fingerprint density at radius 1 is 0.426 bits per heavy atom. The molecular weight excluding hydrogens is 659 g/mol. The van der Waals surface area contributed by atoms with Crippen LogP contribution in [0, 0.1) is 0 Å². The highest BCUT2D eigenvalue weighted by Gasteiger charge is 2.37. The number of nitrogens with zero attached hydrogens (tertiary/aromatic N) is 3. The van der Waals surface area contributed by atoms with Gasteiger partial charge in [0.25, 0.3) is 0 Å². The first-order chi connectivity index (χ1) is 26.5. The maximum absolute atomic E-state index is 6.36. The monoisotopic (exact) mass is 695 g/mol. The van der Waals surface area contributed by atoms with Crippen LogP contribution >= 0.6 is 0 Å². The molecule has 0 radical (unpaired) electrons. The second-order valence-corrected chi connectivity index (χ2v) is 14.5. The zero-order chi connectivity index (χ0) is 36.2. The maximum atomic E-state index is 6.36. The largest absolute Gasteiger partial charge is 0.436 e. The molecule has 1 aliphatic carbocycles. The average molecular weight is 696 g/mol. The fourth-order valence-corrected chi connectivity index (χ4v) is 8.12. The van der Waals surface area contributed by atoms with Gasteiger partial charge < -0.3 is 14.2 Å². The topological polar surface area (TPSA) is 32.5 Å². The van der Waals surface area contributed by atoms with Crippen LogP contribution in [0.3, 0.4) is 0 Å².